The molecule has 2 N–H and O–H groups in total. The Morgan fingerprint density at radius 1 is 1.67 bits per heavy atom. The van der Waals surface area contributed by atoms with Gasteiger partial charge in [-0.05, 0) is 64.2 Å². The third-order valence-corrected chi connectivity index (χ3v) is 3.98. The molecule has 1 aliphatic rings. The third-order valence-electron chi connectivity index (χ3n) is 2.46. The van der Waals surface area contributed by atoms with Gasteiger partial charge in [0, 0.05) is 0 Å². The van der Waals surface area contributed by atoms with E-state index in [9.17, 15) is 0 Å². The molecule has 1 aromatic heterocycles. The summed E-state index contributed by atoms with van der Waals surface area (Å²) in [6.45, 7) is 0.799. The van der Waals surface area contributed by atoms with Crippen LogP contribution in [0.15, 0.2) is 15.2 Å². The molecule has 2 rings (SSSR count). The van der Waals surface area contributed by atoms with E-state index in [0.29, 0.717) is 5.92 Å². The van der Waals surface area contributed by atoms with E-state index in [4.69, 9.17) is 5.73 Å². The maximum Gasteiger partial charge on any atom is 0.0701 e. The van der Waals surface area contributed by atoms with Crippen molar-refractivity contribution in [1.82, 2.24) is 0 Å². The zero-order valence-electron chi connectivity index (χ0n) is 6.79. The lowest BCUT2D eigenvalue weighted by molar-refractivity contribution is 0.618. The summed E-state index contributed by atoms with van der Waals surface area (Å²) in [6.07, 6.45) is 2.74. The predicted octanol–water partition coefficient (Wildman–Crippen LogP) is 2.96. The minimum absolute atomic E-state index is 0.618. The zero-order valence-corrected chi connectivity index (χ0v) is 9.20. The van der Waals surface area contributed by atoms with E-state index < -0.39 is 0 Å². The highest BCUT2D eigenvalue weighted by atomic mass is 79.9. The van der Waals surface area contributed by atoms with Gasteiger partial charge in [0.05, 0.1) is 3.79 Å². The van der Waals surface area contributed by atoms with Gasteiger partial charge >= 0.3 is 0 Å². The summed E-state index contributed by atoms with van der Waals surface area (Å²) in [5, 5.41) is 2.22. The molecule has 1 saturated carbocycles. The maximum atomic E-state index is 5.74. The molecule has 66 valence electrons. The molecule has 1 heterocycles. The second-order valence-corrected chi connectivity index (χ2v) is 5.65. The van der Waals surface area contributed by atoms with Gasteiger partial charge in [0.1, 0.15) is 0 Å². The van der Waals surface area contributed by atoms with Crippen LogP contribution in [-0.4, -0.2) is 6.54 Å². The van der Waals surface area contributed by atoms with Crippen molar-refractivity contribution in [2.24, 2.45) is 11.7 Å². The van der Waals surface area contributed by atoms with Crippen molar-refractivity contribution in [2.45, 2.75) is 18.8 Å². The van der Waals surface area contributed by atoms with Crippen molar-refractivity contribution in [1.29, 1.82) is 0 Å². The SMILES string of the molecule is NCC(c1csc(Br)c1)C1CC1. The lowest BCUT2D eigenvalue weighted by Crippen LogP contribution is -2.13. The van der Waals surface area contributed by atoms with Crippen LogP contribution in [0.1, 0.15) is 24.3 Å². The van der Waals surface area contributed by atoms with Gasteiger partial charge in [-0.3, -0.25) is 0 Å². The molecule has 0 aliphatic heterocycles. The maximum absolute atomic E-state index is 5.74. The average molecular weight is 246 g/mol. The molecule has 0 radical (unpaired) electrons. The fourth-order valence-electron chi connectivity index (χ4n) is 1.62. The zero-order chi connectivity index (χ0) is 8.55. The quantitative estimate of drug-likeness (QED) is 0.871. The van der Waals surface area contributed by atoms with E-state index in [1.807, 2.05) is 0 Å². The van der Waals surface area contributed by atoms with E-state index in [1.54, 1.807) is 11.3 Å². The van der Waals surface area contributed by atoms with Crippen LogP contribution < -0.4 is 5.73 Å². The second-order valence-electron chi connectivity index (χ2n) is 3.36. The van der Waals surface area contributed by atoms with Gasteiger partial charge in [0.25, 0.3) is 0 Å². The Morgan fingerprint density at radius 3 is 2.83 bits per heavy atom. The first-order valence-electron chi connectivity index (χ1n) is 4.25. The fraction of sp³-hybridized carbons (Fsp3) is 0.556. The van der Waals surface area contributed by atoms with Gasteiger partial charge in [0.15, 0.2) is 0 Å². The van der Waals surface area contributed by atoms with Crippen LogP contribution in [0.5, 0.6) is 0 Å². The van der Waals surface area contributed by atoms with Crippen LogP contribution in [0, 0.1) is 5.92 Å². The summed E-state index contributed by atoms with van der Waals surface area (Å²) in [6, 6.07) is 2.21. The van der Waals surface area contributed by atoms with Crippen LogP contribution in [0.2, 0.25) is 0 Å². The van der Waals surface area contributed by atoms with Crippen LogP contribution in [0.25, 0.3) is 0 Å². The molecule has 1 fully saturated rings. The van der Waals surface area contributed by atoms with Gasteiger partial charge in [0.2, 0.25) is 0 Å². The first-order chi connectivity index (χ1) is 5.81. The van der Waals surface area contributed by atoms with Gasteiger partial charge in [-0.1, -0.05) is 0 Å². The average Bonchev–Trinajstić information content (AvgIpc) is 2.78. The van der Waals surface area contributed by atoms with Crippen LogP contribution in [-0.2, 0) is 0 Å². The number of thiophene rings is 1. The molecule has 1 nitrogen and oxygen atoms in total. The largest absolute Gasteiger partial charge is 0.330 e. The van der Waals surface area contributed by atoms with Gasteiger partial charge in [-0.25, -0.2) is 0 Å². The minimum Gasteiger partial charge on any atom is -0.330 e. The number of rotatable bonds is 3. The Balaban J connectivity index is 2.15. The molecule has 1 aliphatic carbocycles. The standard InChI is InChI=1S/C9H12BrNS/c10-9-3-7(5-12-9)8(4-11)6-1-2-6/h3,5-6,8H,1-2,4,11H2. The molecule has 12 heavy (non-hydrogen) atoms. The van der Waals surface area contributed by atoms with Crippen molar-refractivity contribution in [2.75, 3.05) is 6.54 Å². The molecule has 1 aromatic rings. The molecular formula is C9H12BrNS. The van der Waals surface area contributed by atoms with E-state index in [2.05, 4.69) is 27.4 Å². The molecule has 0 amide bonds. The van der Waals surface area contributed by atoms with Crippen LogP contribution in [0.3, 0.4) is 0 Å². The van der Waals surface area contributed by atoms with E-state index >= 15 is 0 Å². The second kappa shape index (κ2) is 3.48. The topological polar surface area (TPSA) is 26.0 Å². The normalized spacial score (nSPS) is 19.5. The Bertz CT molecular complexity index is 267. The summed E-state index contributed by atoms with van der Waals surface area (Å²) in [7, 11) is 0. The van der Waals surface area contributed by atoms with Crippen molar-refractivity contribution in [3.63, 3.8) is 0 Å². The Labute approximate surface area is 85.1 Å². The molecule has 0 aromatic carbocycles. The summed E-state index contributed by atoms with van der Waals surface area (Å²) in [5.74, 6) is 1.49. The van der Waals surface area contributed by atoms with E-state index in [-0.39, 0.29) is 0 Å². The van der Waals surface area contributed by atoms with Crippen molar-refractivity contribution >= 4 is 27.3 Å². The lowest BCUT2D eigenvalue weighted by Gasteiger charge is -2.10. The number of halogens is 1. The molecule has 0 saturated heterocycles. The van der Waals surface area contributed by atoms with E-state index in [0.717, 1.165) is 12.5 Å². The predicted molar refractivity (Wildman–Crippen MR) is 56.5 cm³/mol. The molecule has 0 spiro atoms. The number of nitrogens with two attached hydrogens (primary N) is 1. The summed E-state index contributed by atoms with van der Waals surface area (Å²) in [4.78, 5) is 0. The van der Waals surface area contributed by atoms with Gasteiger partial charge in [-0.15, -0.1) is 11.3 Å². The van der Waals surface area contributed by atoms with Crippen LogP contribution in [0.4, 0.5) is 0 Å². The lowest BCUT2D eigenvalue weighted by atomic mass is 9.97. The van der Waals surface area contributed by atoms with Crippen molar-refractivity contribution in [3.8, 4) is 0 Å². The van der Waals surface area contributed by atoms with Gasteiger partial charge in [-0.2, -0.15) is 0 Å². The number of hydrogen-bond donors (Lipinski definition) is 1. The smallest absolute Gasteiger partial charge is 0.0701 e. The van der Waals surface area contributed by atoms with Crippen molar-refractivity contribution in [3.05, 3.63) is 20.8 Å². The first-order valence-corrected chi connectivity index (χ1v) is 5.92. The molecule has 1 unspecified atom stereocenters. The fourth-order valence-corrected chi connectivity index (χ4v) is 2.86. The monoisotopic (exact) mass is 245 g/mol. The Morgan fingerprint density at radius 2 is 2.42 bits per heavy atom. The van der Waals surface area contributed by atoms with E-state index in [1.165, 1.54) is 22.2 Å². The number of hydrogen-bond acceptors (Lipinski definition) is 2. The highest BCUT2D eigenvalue weighted by Gasteiger charge is 2.31. The molecule has 0 bridgehead atoms. The summed E-state index contributed by atoms with van der Waals surface area (Å²) < 4.78 is 1.22. The molecular weight excluding hydrogens is 234 g/mol. The minimum atomic E-state index is 0.618. The highest BCUT2D eigenvalue weighted by Crippen LogP contribution is 2.43. The summed E-state index contributed by atoms with van der Waals surface area (Å²) in [5.41, 5.74) is 7.17. The highest BCUT2D eigenvalue weighted by molar-refractivity contribution is 9.11. The summed E-state index contributed by atoms with van der Waals surface area (Å²) >= 11 is 5.23. The third kappa shape index (κ3) is 1.73. The first kappa shape index (κ1) is 8.73. The molecule has 1 atom stereocenters. The Hall–Kier alpha value is 0.140. The molecule has 3 heteroatoms. The van der Waals surface area contributed by atoms with Crippen molar-refractivity contribution < 1.29 is 0 Å². The van der Waals surface area contributed by atoms with Gasteiger partial charge < -0.3 is 5.73 Å². The Kier molecular flexibility index (Phi) is 2.53. The van der Waals surface area contributed by atoms with Crippen LogP contribution >= 0.6 is 27.3 Å².